The molecule has 0 unspecified atom stereocenters. The quantitative estimate of drug-likeness (QED) is 0.797. The lowest BCUT2D eigenvalue weighted by Crippen LogP contribution is -2.27. The molecule has 0 radical (unpaired) electrons. The Morgan fingerprint density at radius 2 is 2.10 bits per heavy atom. The molecule has 0 atom stereocenters. The minimum atomic E-state index is 0.784. The van der Waals surface area contributed by atoms with Gasteiger partial charge in [-0.3, -0.25) is 4.90 Å². The van der Waals surface area contributed by atoms with E-state index in [2.05, 4.69) is 41.4 Å². The maximum absolute atomic E-state index is 6.16. The number of unbranched alkanes of at least 4 members (excludes halogenated alkanes) is 1. The summed E-state index contributed by atoms with van der Waals surface area (Å²) in [6.45, 7) is 5.28. The summed E-state index contributed by atoms with van der Waals surface area (Å²) < 4.78 is 6.16. The van der Waals surface area contributed by atoms with E-state index in [9.17, 15) is 0 Å². The number of hydrogen-bond acceptors (Lipinski definition) is 3. The Morgan fingerprint density at radius 1 is 1.29 bits per heavy atom. The first-order valence-corrected chi connectivity index (χ1v) is 8.21. The standard InChI is InChI=1S/C18H26N2O/c1-3-4-11-20(14-9-10-14)13-18-16(12-19-2)15-7-5-6-8-17(15)21-18/h5-8,14,19H,3-4,9-13H2,1-2H3. The molecule has 1 fully saturated rings. The van der Waals surface area contributed by atoms with Gasteiger partial charge >= 0.3 is 0 Å². The first-order chi connectivity index (χ1) is 10.3. The van der Waals surface area contributed by atoms with Gasteiger partial charge in [0.15, 0.2) is 0 Å². The van der Waals surface area contributed by atoms with E-state index in [1.807, 2.05) is 7.05 Å². The Hall–Kier alpha value is -1.32. The molecule has 3 nitrogen and oxygen atoms in total. The van der Waals surface area contributed by atoms with Crippen molar-refractivity contribution < 1.29 is 4.42 Å². The van der Waals surface area contributed by atoms with Crippen molar-refractivity contribution in [2.75, 3.05) is 13.6 Å². The summed E-state index contributed by atoms with van der Waals surface area (Å²) >= 11 is 0. The molecule has 1 saturated carbocycles. The van der Waals surface area contributed by atoms with Crippen molar-refractivity contribution in [2.45, 2.75) is 51.7 Å². The van der Waals surface area contributed by atoms with Crippen molar-refractivity contribution in [3.63, 3.8) is 0 Å². The molecule has 1 aromatic heterocycles. The highest BCUT2D eigenvalue weighted by Crippen LogP contribution is 2.32. The molecule has 1 aliphatic rings. The van der Waals surface area contributed by atoms with E-state index in [1.165, 1.54) is 43.2 Å². The zero-order chi connectivity index (χ0) is 14.7. The van der Waals surface area contributed by atoms with Crippen LogP contribution in [0.1, 0.15) is 43.9 Å². The molecule has 2 aromatic rings. The fourth-order valence-electron chi connectivity index (χ4n) is 3.02. The SMILES string of the molecule is CCCCN(Cc1oc2ccccc2c1CNC)C1CC1. The third-order valence-electron chi connectivity index (χ3n) is 4.34. The summed E-state index contributed by atoms with van der Waals surface area (Å²) in [5.41, 5.74) is 2.35. The number of nitrogens with zero attached hydrogens (tertiary/aromatic N) is 1. The molecule has 1 heterocycles. The number of rotatable bonds is 8. The van der Waals surface area contributed by atoms with Crippen molar-refractivity contribution in [1.29, 1.82) is 0 Å². The minimum absolute atomic E-state index is 0.784. The summed E-state index contributed by atoms with van der Waals surface area (Å²) in [4.78, 5) is 2.61. The van der Waals surface area contributed by atoms with Crippen LogP contribution >= 0.6 is 0 Å². The summed E-state index contributed by atoms with van der Waals surface area (Å²) in [6, 6.07) is 9.17. The zero-order valence-corrected chi connectivity index (χ0v) is 13.2. The molecule has 1 aliphatic carbocycles. The second-order valence-corrected chi connectivity index (χ2v) is 6.09. The summed E-state index contributed by atoms with van der Waals surface area (Å²) in [7, 11) is 2.00. The second kappa shape index (κ2) is 6.63. The van der Waals surface area contributed by atoms with Crippen LogP contribution in [-0.4, -0.2) is 24.5 Å². The van der Waals surface area contributed by atoms with Crippen LogP contribution in [0.5, 0.6) is 0 Å². The summed E-state index contributed by atoms with van der Waals surface area (Å²) in [5.74, 6) is 1.15. The van der Waals surface area contributed by atoms with E-state index < -0.39 is 0 Å². The predicted octanol–water partition coefficient (Wildman–Crippen LogP) is 3.92. The molecule has 0 spiro atoms. The molecule has 3 rings (SSSR count). The molecule has 0 bridgehead atoms. The van der Waals surface area contributed by atoms with E-state index >= 15 is 0 Å². The average Bonchev–Trinajstić information content (AvgIpc) is 3.29. The van der Waals surface area contributed by atoms with Crippen LogP contribution in [0.3, 0.4) is 0 Å². The second-order valence-electron chi connectivity index (χ2n) is 6.09. The molecule has 21 heavy (non-hydrogen) atoms. The highest BCUT2D eigenvalue weighted by molar-refractivity contribution is 5.82. The predicted molar refractivity (Wildman–Crippen MR) is 87.3 cm³/mol. The number of furan rings is 1. The highest BCUT2D eigenvalue weighted by atomic mass is 16.3. The number of para-hydroxylation sites is 1. The minimum Gasteiger partial charge on any atom is -0.459 e. The fraction of sp³-hybridized carbons (Fsp3) is 0.556. The first kappa shape index (κ1) is 14.6. The molecular formula is C18H26N2O. The molecule has 0 saturated heterocycles. The molecule has 0 aliphatic heterocycles. The van der Waals surface area contributed by atoms with Gasteiger partial charge in [-0.2, -0.15) is 0 Å². The van der Waals surface area contributed by atoms with Gasteiger partial charge in [0.2, 0.25) is 0 Å². The van der Waals surface area contributed by atoms with Gasteiger partial charge in [-0.1, -0.05) is 31.5 Å². The molecule has 1 aromatic carbocycles. The van der Waals surface area contributed by atoms with Gasteiger partial charge in [-0.25, -0.2) is 0 Å². The van der Waals surface area contributed by atoms with Crippen molar-refractivity contribution in [3.8, 4) is 0 Å². The van der Waals surface area contributed by atoms with E-state index in [4.69, 9.17) is 4.42 Å². The van der Waals surface area contributed by atoms with Crippen molar-refractivity contribution in [2.24, 2.45) is 0 Å². The van der Waals surface area contributed by atoms with Gasteiger partial charge in [0.25, 0.3) is 0 Å². The maximum atomic E-state index is 6.16. The van der Waals surface area contributed by atoms with Crippen LogP contribution in [0.4, 0.5) is 0 Å². The van der Waals surface area contributed by atoms with Gasteiger partial charge in [-0.15, -0.1) is 0 Å². The monoisotopic (exact) mass is 286 g/mol. The van der Waals surface area contributed by atoms with Crippen molar-refractivity contribution in [3.05, 3.63) is 35.6 Å². The van der Waals surface area contributed by atoms with Gasteiger partial charge in [0, 0.05) is 23.5 Å². The molecular weight excluding hydrogens is 260 g/mol. The zero-order valence-electron chi connectivity index (χ0n) is 13.2. The third-order valence-corrected chi connectivity index (χ3v) is 4.34. The van der Waals surface area contributed by atoms with Crippen LogP contribution < -0.4 is 5.32 Å². The van der Waals surface area contributed by atoms with E-state index in [1.54, 1.807) is 0 Å². The van der Waals surface area contributed by atoms with E-state index in [0.29, 0.717) is 0 Å². The maximum Gasteiger partial charge on any atom is 0.134 e. The molecule has 3 heteroatoms. The van der Waals surface area contributed by atoms with E-state index in [-0.39, 0.29) is 0 Å². The van der Waals surface area contributed by atoms with E-state index in [0.717, 1.165) is 30.5 Å². The third kappa shape index (κ3) is 3.30. The smallest absolute Gasteiger partial charge is 0.134 e. The summed E-state index contributed by atoms with van der Waals surface area (Å²) in [6.07, 6.45) is 5.24. The van der Waals surface area contributed by atoms with Gasteiger partial charge in [-0.05, 0) is 38.9 Å². The summed E-state index contributed by atoms with van der Waals surface area (Å²) in [5, 5.41) is 4.54. The number of nitrogens with one attached hydrogen (secondary N) is 1. The number of benzene rings is 1. The average molecular weight is 286 g/mol. The van der Waals surface area contributed by atoms with Crippen LogP contribution in [-0.2, 0) is 13.1 Å². The molecule has 1 N–H and O–H groups in total. The molecule has 0 amide bonds. The van der Waals surface area contributed by atoms with Gasteiger partial charge in [0.05, 0.1) is 6.54 Å². The van der Waals surface area contributed by atoms with Crippen LogP contribution in [0.25, 0.3) is 11.0 Å². The van der Waals surface area contributed by atoms with Crippen LogP contribution in [0.15, 0.2) is 28.7 Å². The first-order valence-electron chi connectivity index (χ1n) is 8.21. The van der Waals surface area contributed by atoms with Crippen LogP contribution in [0.2, 0.25) is 0 Å². The van der Waals surface area contributed by atoms with Gasteiger partial charge < -0.3 is 9.73 Å². The highest BCUT2D eigenvalue weighted by Gasteiger charge is 2.30. The number of hydrogen-bond donors (Lipinski definition) is 1. The van der Waals surface area contributed by atoms with Gasteiger partial charge in [0.1, 0.15) is 11.3 Å². The Morgan fingerprint density at radius 3 is 2.81 bits per heavy atom. The Balaban J connectivity index is 1.85. The lowest BCUT2D eigenvalue weighted by Gasteiger charge is -2.21. The lowest BCUT2D eigenvalue weighted by molar-refractivity contribution is 0.231. The number of fused-ring (bicyclic) bond motifs is 1. The van der Waals surface area contributed by atoms with Crippen molar-refractivity contribution >= 4 is 11.0 Å². The Bertz CT molecular complexity index is 586. The largest absolute Gasteiger partial charge is 0.459 e. The molecule has 114 valence electrons. The lowest BCUT2D eigenvalue weighted by atomic mass is 10.1. The fourth-order valence-corrected chi connectivity index (χ4v) is 3.02. The Kier molecular flexibility index (Phi) is 4.61. The topological polar surface area (TPSA) is 28.4 Å². The normalized spacial score (nSPS) is 15.2. The van der Waals surface area contributed by atoms with Crippen LogP contribution in [0, 0.1) is 0 Å². The Labute approximate surface area is 127 Å². The van der Waals surface area contributed by atoms with Crippen molar-refractivity contribution in [1.82, 2.24) is 10.2 Å².